The van der Waals surface area contributed by atoms with Crippen LogP contribution < -0.4 is 0 Å². The van der Waals surface area contributed by atoms with Gasteiger partial charge in [-0.2, -0.15) is 12.6 Å². The molecule has 0 fully saturated rings. The third-order valence-corrected chi connectivity index (χ3v) is 2.51. The van der Waals surface area contributed by atoms with E-state index in [9.17, 15) is 0 Å². The number of hydrogen-bond donors (Lipinski definition) is 1. The second-order valence-electron chi connectivity index (χ2n) is 3.25. The van der Waals surface area contributed by atoms with Crippen molar-refractivity contribution < 1.29 is 0 Å². The van der Waals surface area contributed by atoms with Crippen LogP contribution in [0.1, 0.15) is 23.1 Å². The third kappa shape index (κ3) is 2.56. The number of benzene rings is 1. The normalized spacial score (nSPS) is 10.2. The van der Waals surface area contributed by atoms with Crippen LogP contribution in [0, 0.1) is 13.8 Å². The molecule has 66 valence electrons. The monoisotopic (exact) mass is 180 g/mol. The largest absolute Gasteiger partial charge is 0.179 e. The molecule has 0 saturated carbocycles. The minimum absolute atomic E-state index is 0.979. The molecule has 0 N–H and O–H groups in total. The van der Waals surface area contributed by atoms with E-state index in [4.69, 9.17) is 0 Å². The molecule has 0 atom stereocenters. The lowest BCUT2D eigenvalue weighted by Gasteiger charge is -2.03. The molecule has 0 heterocycles. The summed E-state index contributed by atoms with van der Waals surface area (Å²) in [5, 5.41) is 0. The Kier molecular flexibility index (Phi) is 3.67. The fourth-order valence-corrected chi connectivity index (χ4v) is 1.40. The number of aryl methyl sites for hydroxylation is 3. The van der Waals surface area contributed by atoms with E-state index < -0.39 is 0 Å². The van der Waals surface area contributed by atoms with Crippen molar-refractivity contribution in [3.8, 4) is 0 Å². The van der Waals surface area contributed by atoms with Gasteiger partial charge in [-0.1, -0.05) is 18.2 Å². The Labute approximate surface area is 80.4 Å². The van der Waals surface area contributed by atoms with Gasteiger partial charge in [-0.05, 0) is 49.1 Å². The first-order valence-corrected chi connectivity index (χ1v) is 5.04. The molecule has 0 unspecified atom stereocenters. The minimum atomic E-state index is 0.979. The van der Waals surface area contributed by atoms with Gasteiger partial charge >= 0.3 is 0 Å². The molecule has 1 aromatic rings. The van der Waals surface area contributed by atoms with E-state index in [2.05, 4.69) is 44.7 Å². The molecule has 1 aromatic carbocycles. The molecular weight excluding hydrogens is 164 g/mol. The van der Waals surface area contributed by atoms with Crippen LogP contribution >= 0.6 is 12.6 Å². The smallest absolute Gasteiger partial charge is 0.00947 e. The molecule has 0 aliphatic rings. The zero-order valence-electron chi connectivity index (χ0n) is 7.80. The lowest BCUT2D eigenvalue weighted by molar-refractivity contribution is 0.933. The summed E-state index contributed by atoms with van der Waals surface area (Å²) in [6.45, 7) is 4.32. The van der Waals surface area contributed by atoms with Gasteiger partial charge in [-0.3, -0.25) is 0 Å². The molecular formula is C11H16S. The van der Waals surface area contributed by atoms with E-state index in [-0.39, 0.29) is 0 Å². The van der Waals surface area contributed by atoms with Crippen molar-refractivity contribution in [2.75, 3.05) is 5.75 Å². The molecule has 0 nitrogen and oxygen atoms in total. The topological polar surface area (TPSA) is 0 Å². The van der Waals surface area contributed by atoms with E-state index >= 15 is 0 Å². The first kappa shape index (κ1) is 9.66. The molecule has 1 rings (SSSR count). The van der Waals surface area contributed by atoms with Crippen LogP contribution in [0.25, 0.3) is 0 Å². The summed E-state index contributed by atoms with van der Waals surface area (Å²) in [5.74, 6) is 0.979. The van der Waals surface area contributed by atoms with Crippen molar-refractivity contribution in [2.45, 2.75) is 26.7 Å². The minimum Gasteiger partial charge on any atom is -0.179 e. The van der Waals surface area contributed by atoms with E-state index in [1.165, 1.54) is 23.1 Å². The van der Waals surface area contributed by atoms with Crippen LogP contribution in [0.4, 0.5) is 0 Å². The van der Waals surface area contributed by atoms with Crippen molar-refractivity contribution in [3.05, 3.63) is 34.9 Å². The summed E-state index contributed by atoms with van der Waals surface area (Å²) < 4.78 is 0. The summed E-state index contributed by atoms with van der Waals surface area (Å²) in [5.41, 5.74) is 4.21. The Morgan fingerprint density at radius 3 is 2.50 bits per heavy atom. The highest BCUT2D eigenvalue weighted by atomic mass is 32.1. The highest BCUT2D eigenvalue weighted by molar-refractivity contribution is 7.80. The molecule has 0 spiro atoms. The zero-order valence-corrected chi connectivity index (χ0v) is 8.70. The van der Waals surface area contributed by atoms with Crippen LogP contribution in [0.2, 0.25) is 0 Å². The Bertz CT molecular complexity index is 253. The molecule has 0 radical (unpaired) electrons. The molecule has 0 amide bonds. The van der Waals surface area contributed by atoms with Gasteiger partial charge < -0.3 is 0 Å². The maximum Gasteiger partial charge on any atom is -0.00947 e. The fraction of sp³-hybridized carbons (Fsp3) is 0.455. The number of rotatable bonds is 3. The number of thiol groups is 1. The second-order valence-corrected chi connectivity index (χ2v) is 3.69. The van der Waals surface area contributed by atoms with Crippen LogP contribution in [0.3, 0.4) is 0 Å². The molecule has 0 aliphatic carbocycles. The summed E-state index contributed by atoms with van der Waals surface area (Å²) in [4.78, 5) is 0. The van der Waals surface area contributed by atoms with Crippen molar-refractivity contribution >= 4 is 12.6 Å². The quantitative estimate of drug-likeness (QED) is 0.679. The summed E-state index contributed by atoms with van der Waals surface area (Å²) >= 11 is 4.20. The fourth-order valence-electron chi connectivity index (χ4n) is 1.24. The van der Waals surface area contributed by atoms with E-state index in [1.807, 2.05) is 0 Å². The number of hydrogen-bond acceptors (Lipinski definition) is 1. The van der Waals surface area contributed by atoms with Crippen molar-refractivity contribution in [3.63, 3.8) is 0 Å². The molecule has 1 heteroatoms. The van der Waals surface area contributed by atoms with Gasteiger partial charge in [0.2, 0.25) is 0 Å². The Morgan fingerprint density at radius 1 is 1.17 bits per heavy atom. The Morgan fingerprint density at radius 2 is 1.92 bits per heavy atom. The van der Waals surface area contributed by atoms with Crippen LogP contribution in [-0.2, 0) is 6.42 Å². The van der Waals surface area contributed by atoms with Gasteiger partial charge in [0.1, 0.15) is 0 Å². The maximum absolute atomic E-state index is 4.20. The molecule has 0 saturated heterocycles. The first-order chi connectivity index (χ1) is 5.74. The van der Waals surface area contributed by atoms with E-state index in [0.717, 1.165) is 12.2 Å². The van der Waals surface area contributed by atoms with Gasteiger partial charge in [0.05, 0.1) is 0 Å². The predicted octanol–water partition coefficient (Wildman–Crippen LogP) is 3.17. The highest BCUT2D eigenvalue weighted by Crippen LogP contribution is 2.11. The van der Waals surface area contributed by atoms with Crippen LogP contribution in [0.15, 0.2) is 18.2 Å². The first-order valence-electron chi connectivity index (χ1n) is 4.41. The van der Waals surface area contributed by atoms with Crippen LogP contribution in [0.5, 0.6) is 0 Å². The summed E-state index contributed by atoms with van der Waals surface area (Å²) in [7, 11) is 0. The summed E-state index contributed by atoms with van der Waals surface area (Å²) in [6, 6.07) is 6.69. The van der Waals surface area contributed by atoms with Crippen molar-refractivity contribution in [2.24, 2.45) is 0 Å². The zero-order chi connectivity index (χ0) is 8.97. The van der Waals surface area contributed by atoms with Gasteiger partial charge in [0, 0.05) is 0 Å². The SMILES string of the molecule is Cc1ccc(CCCS)cc1C. The predicted molar refractivity (Wildman–Crippen MR) is 58.1 cm³/mol. The van der Waals surface area contributed by atoms with E-state index in [0.29, 0.717) is 0 Å². The lowest BCUT2D eigenvalue weighted by Crippen LogP contribution is -1.88. The Hall–Kier alpha value is -0.430. The Balaban J connectivity index is 2.69. The van der Waals surface area contributed by atoms with Crippen molar-refractivity contribution in [1.29, 1.82) is 0 Å². The lowest BCUT2D eigenvalue weighted by atomic mass is 10.0. The van der Waals surface area contributed by atoms with Gasteiger partial charge in [-0.25, -0.2) is 0 Å². The second kappa shape index (κ2) is 4.56. The van der Waals surface area contributed by atoms with Gasteiger partial charge in [0.25, 0.3) is 0 Å². The van der Waals surface area contributed by atoms with Crippen molar-refractivity contribution in [1.82, 2.24) is 0 Å². The molecule has 0 bridgehead atoms. The van der Waals surface area contributed by atoms with Crippen LogP contribution in [-0.4, -0.2) is 5.75 Å². The summed E-state index contributed by atoms with van der Waals surface area (Å²) in [6.07, 6.45) is 2.33. The average Bonchev–Trinajstić information content (AvgIpc) is 2.07. The maximum atomic E-state index is 4.20. The van der Waals surface area contributed by atoms with E-state index in [1.54, 1.807) is 0 Å². The van der Waals surface area contributed by atoms with Gasteiger partial charge in [0.15, 0.2) is 0 Å². The average molecular weight is 180 g/mol. The third-order valence-electron chi connectivity index (χ3n) is 2.19. The standard InChI is InChI=1S/C11H16S/c1-9-5-6-11(4-3-7-12)8-10(9)2/h5-6,8,12H,3-4,7H2,1-2H3. The molecule has 0 aromatic heterocycles. The van der Waals surface area contributed by atoms with Gasteiger partial charge in [-0.15, -0.1) is 0 Å². The molecule has 12 heavy (non-hydrogen) atoms. The molecule has 0 aliphatic heterocycles. The highest BCUT2D eigenvalue weighted by Gasteiger charge is 1.95.